The first-order valence-corrected chi connectivity index (χ1v) is 5.41. The molecule has 0 saturated carbocycles. The number of ether oxygens (including phenoxy) is 1. The number of carbonyl (C=O) groups excluding carboxylic acids is 1. The predicted octanol–water partition coefficient (Wildman–Crippen LogP) is 0.966. The van der Waals surface area contributed by atoms with Gasteiger partial charge in [0.1, 0.15) is 0 Å². The zero-order valence-electron chi connectivity index (χ0n) is 7.57. The molecule has 0 aromatic carbocycles. The van der Waals surface area contributed by atoms with Gasteiger partial charge in [0.25, 0.3) is 0 Å². The van der Waals surface area contributed by atoms with Crippen molar-refractivity contribution in [3.8, 4) is 0 Å². The normalized spacial score (nSPS) is 33.5. The molecule has 0 aromatic rings. The first-order valence-electron chi connectivity index (χ1n) is 4.44. The molecule has 2 rings (SSSR count). The summed E-state index contributed by atoms with van der Waals surface area (Å²) >= 11 is 2.35. The summed E-state index contributed by atoms with van der Waals surface area (Å²) in [5, 5.41) is 0. The molecule has 2 heterocycles. The maximum absolute atomic E-state index is 11.2. The van der Waals surface area contributed by atoms with Crippen LogP contribution in [0.3, 0.4) is 0 Å². The number of hydrogen-bond acceptors (Lipinski definition) is 3. The molecule has 2 atom stereocenters. The van der Waals surface area contributed by atoms with Gasteiger partial charge in [0.15, 0.2) is 0 Å². The van der Waals surface area contributed by atoms with Crippen LogP contribution in [0.5, 0.6) is 0 Å². The molecule has 2 aliphatic rings. The van der Waals surface area contributed by atoms with Crippen molar-refractivity contribution in [2.45, 2.75) is 0 Å². The quantitative estimate of drug-likeness (QED) is 0.493. The second kappa shape index (κ2) is 3.61. The fourth-order valence-corrected chi connectivity index (χ4v) is 3.23. The van der Waals surface area contributed by atoms with Gasteiger partial charge in [-0.3, -0.25) is 0 Å². The summed E-state index contributed by atoms with van der Waals surface area (Å²) in [6.07, 6.45) is -0.172. The molecule has 0 bridgehead atoms. The van der Waals surface area contributed by atoms with Crippen molar-refractivity contribution < 1.29 is 9.53 Å². The van der Waals surface area contributed by atoms with Gasteiger partial charge in [-0.1, -0.05) is 0 Å². The summed E-state index contributed by atoms with van der Waals surface area (Å²) in [6, 6.07) is 0. The Balaban J connectivity index is 1.93. The maximum Gasteiger partial charge on any atom is 0.409 e. The Labute approximate surface area is 91.7 Å². The molecule has 2 saturated heterocycles. The van der Waals surface area contributed by atoms with Crippen LogP contribution in [-0.4, -0.2) is 47.4 Å². The van der Waals surface area contributed by atoms with E-state index in [-0.39, 0.29) is 6.09 Å². The Morgan fingerprint density at radius 1 is 1.31 bits per heavy atom. The maximum atomic E-state index is 11.2. The van der Waals surface area contributed by atoms with Crippen LogP contribution in [0.2, 0.25) is 0 Å². The second-order valence-corrected chi connectivity index (χ2v) is 5.09. The number of fused-ring (bicyclic) bond motifs is 1. The summed E-state index contributed by atoms with van der Waals surface area (Å²) in [7, 11) is 1.45. The van der Waals surface area contributed by atoms with Crippen LogP contribution < -0.4 is 0 Å². The molecule has 5 heteroatoms. The van der Waals surface area contributed by atoms with Gasteiger partial charge < -0.3 is 9.64 Å². The lowest BCUT2D eigenvalue weighted by Gasteiger charge is -2.16. The Bertz CT molecular complexity index is 210. The molecule has 0 aromatic heterocycles. The lowest BCUT2D eigenvalue weighted by molar-refractivity contribution is 0.129. The van der Waals surface area contributed by atoms with Crippen molar-refractivity contribution in [1.82, 2.24) is 8.01 Å². The van der Waals surface area contributed by atoms with Gasteiger partial charge in [0, 0.05) is 49.0 Å². The van der Waals surface area contributed by atoms with Crippen LogP contribution in [0.15, 0.2) is 0 Å². The van der Waals surface area contributed by atoms with E-state index in [4.69, 9.17) is 4.74 Å². The van der Waals surface area contributed by atoms with E-state index in [1.165, 1.54) is 7.11 Å². The summed E-state index contributed by atoms with van der Waals surface area (Å²) in [5.74, 6) is 1.33. The van der Waals surface area contributed by atoms with Gasteiger partial charge in [0.05, 0.1) is 7.11 Å². The van der Waals surface area contributed by atoms with Crippen molar-refractivity contribution in [1.29, 1.82) is 0 Å². The van der Waals surface area contributed by atoms with Gasteiger partial charge >= 0.3 is 6.09 Å². The Morgan fingerprint density at radius 2 is 1.85 bits per heavy atom. The Kier molecular flexibility index (Phi) is 2.64. The van der Waals surface area contributed by atoms with Gasteiger partial charge in [-0.05, 0) is 11.8 Å². The third kappa shape index (κ3) is 1.76. The third-order valence-corrected chi connectivity index (χ3v) is 3.66. The third-order valence-electron chi connectivity index (χ3n) is 2.87. The van der Waals surface area contributed by atoms with E-state index >= 15 is 0 Å². The van der Waals surface area contributed by atoms with Gasteiger partial charge in [-0.15, -0.1) is 0 Å². The standard InChI is InChI=1S/C8H13IN2O2/c1-13-8(12)10-2-6-4-11(9)5-7(6)3-10/h6-7H,2-5H2,1H3. The van der Waals surface area contributed by atoms with E-state index in [0.717, 1.165) is 26.2 Å². The minimum Gasteiger partial charge on any atom is -0.453 e. The molecular weight excluding hydrogens is 283 g/mol. The number of hydrogen-bond donors (Lipinski definition) is 0. The smallest absolute Gasteiger partial charge is 0.409 e. The predicted molar refractivity (Wildman–Crippen MR) is 56.6 cm³/mol. The molecule has 0 radical (unpaired) electrons. The van der Waals surface area contributed by atoms with Crippen molar-refractivity contribution in [2.75, 3.05) is 33.3 Å². The fraction of sp³-hybridized carbons (Fsp3) is 0.875. The fourth-order valence-electron chi connectivity index (χ4n) is 2.21. The minimum absolute atomic E-state index is 0.172. The molecule has 2 aliphatic heterocycles. The van der Waals surface area contributed by atoms with E-state index in [0.29, 0.717) is 11.8 Å². The zero-order chi connectivity index (χ0) is 9.42. The number of nitrogens with zero attached hydrogens (tertiary/aromatic N) is 2. The van der Waals surface area contributed by atoms with Gasteiger partial charge in [-0.2, -0.15) is 0 Å². The van der Waals surface area contributed by atoms with E-state index in [9.17, 15) is 4.79 Å². The highest BCUT2D eigenvalue weighted by Gasteiger charge is 2.41. The number of rotatable bonds is 0. The van der Waals surface area contributed by atoms with Gasteiger partial charge in [-0.25, -0.2) is 7.91 Å². The van der Waals surface area contributed by atoms with E-state index in [1.807, 2.05) is 4.90 Å². The van der Waals surface area contributed by atoms with Crippen molar-refractivity contribution in [2.24, 2.45) is 11.8 Å². The average molecular weight is 296 g/mol. The van der Waals surface area contributed by atoms with Gasteiger partial charge in [0.2, 0.25) is 0 Å². The average Bonchev–Trinajstić information content (AvgIpc) is 2.59. The molecule has 74 valence electrons. The molecule has 0 aliphatic carbocycles. The van der Waals surface area contributed by atoms with Crippen LogP contribution in [0.1, 0.15) is 0 Å². The molecule has 13 heavy (non-hydrogen) atoms. The van der Waals surface area contributed by atoms with Crippen molar-refractivity contribution in [3.05, 3.63) is 0 Å². The molecule has 2 unspecified atom stereocenters. The molecule has 0 N–H and O–H groups in total. The molecular formula is C8H13IN2O2. The summed E-state index contributed by atoms with van der Waals surface area (Å²) in [6.45, 7) is 3.96. The van der Waals surface area contributed by atoms with Crippen LogP contribution in [-0.2, 0) is 4.74 Å². The summed E-state index contributed by atoms with van der Waals surface area (Å²) < 4.78 is 7.00. The number of methoxy groups -OCH3 is 1. The number of carbonyl (C=O) groups is 1. The van der Waals surface area contributed by atoms with Crippen LogP contribution in [0, 0.1) is 11.8 Å². The summed E-state index contributed by atoms with van der Waals surface area (Å²) in [5.41, 5.74) is 0. The monoisotopic (exact) mass is 296 g/mol. The number of amides is 1. The topological polar surface area (TPSA) is 32.8 Å². The SMILES string of the molecule is COC(=O)N1CC2CN(I)CC2C1. The molecule has 2 fully saturated rings. The summed E-state index contributed by atoms with van der Waals surface area (Å²) in [4.78, 5) is 13.0. The van der Waals surface area contributed by atoms with Crippen molar-refractivity contribution in [3.63, 3.8) is 0 Å². The first kappa shape index (κ1) is 9.51. The number of likely N-dealkylation sites (tertiary alicyclic amines) is 1. The molecule has 1 amide bonds. The Hall–Kier alpha value is -0.0400. The lowest BCUT2D eigenvalue weighted by atomic mass is 10.0. The zero-order valence-corrected chi connectivity index (χ0v) is 9.73. The molecule has 0 spiro atoms. The lowest BCUT2D eigenvalue weighted by Crippen LogP contribution is -2.31. The minimum atomic E-state index is -0.172. The highest BCUT2D eigenvalue weighted by Crippen LogP contribution is 2.32. The highest BCUT2D eigenvalue weighted by molar-refractivity contribution is 14.1. The molecule has 4 nitrogen and oxygen atoms in total. The van der Waals surface area contributed by atoms with E-state index in [2.05, 4.69) is 26.0 Å². The highest BCUT2D eigenvalue weighted by atomic mass is 127. The van der Waals surface area contributed by atoms with Crippen LogP contribution in [0.4, 0.5) is 4.79 Å². The van der Waals surface area contributed by atoms with Crippen LogP contribution >= 0.6 is 22.9 Å². The van der Waals surface area contributed by atoms with Crippen molar-refractivity contribution >= 4 is 29.0 Å². The largest absolute Gasteiger partial charge is 0.453 e. The first-order chi connectivity index (χ1) is 6.20. The van der Waals surface area contributed by atoms with E-state index < -0.39 is 0 Å². The second-order valence-electron chi connectivity index (χ2n) is 3.72. The van der Waals surface area contributed by atoms with Crippen LogP contribution in [0.25, 0.3) is 0 Å². The van der Waals surface area contributed by atoms with E-state index in [1.54, 1.807) is 0 Å². The number of halogens is 1. The Morgan fingerprint density at radius 3 is 2.31 bits per heavy atom.